The summed E-state index contributed by atoms with van der Waals surface area (Å²) in [7, 11) is 5.22. The van der Waals surface area contributed by atoms with Crippen molar-refractivity contribution in [2.75, 3.05) is 25.7 Å². The summed E-state index contributed by atoms with van der Waals surface area (Å²) in [6.07, 6.45) is 5.53. The molecule has 2 heterocycles. The maximum atomic E-state index is 5.51. The summed E-state index contributed by atoms with van der Waals surface area (Å²) in [4.78, 5) is 11.7. The maximum absolute atomic E-state index is 5.51. The molecular weight excluding hydrogens is 402 g/mol. The van der Waals surface area contributed by atoms with Crippen LogP contribution in [0.2, 0.25) is 0 Å². The van der Waals surface area contributed by atoms with E-state index in [-0.39, 0.29) is 5.41 Å². The predicted molar refractivity (Wildman–Crippen MR) is 128 cm³/mol. The van der Waals surface area contributed by atoms with E-state index in [4.69, 9.17) is 14.5 Å². The quantitative estimate of drug-likeness (QED) is 0.416. The van der Waals surface area contributed by atoms with Crippen LogP contribution in [0.1, 0.15) is 20.8 Å². The van der Waals surface area contributed by atoms with Gasteiger partial charge in [-0.25, -0.2) is 4.98 Å². The standard InChI is InChI=1S/C25H29N5O2/c1-25(2,3)16-30(19-9-20(31-5)12-21(10-19)32-6)18-7-8-22-23(11-18)28-24(14-26-22)17-13-27-29(4)15-17/h7-15H,16H2,1-6H3. The number of hydrogen-bond donors (Lipinski definition) is 0. The fourth-order valence-electron chi connectivity index (χ4n) is 3.61. The zero-order chi connectivity index (χ0) is 22.9. The van der Waals surface area contributed by atoms with Crippen LogP contribution >= 0.6 is 0 Å². The van der Waals surface area contributed by atoms with E-state index in [1.807, 2.05) is 37.5 Å². The van der Waals surface area contributed by atoms with Crippen LogP contribution in [0.5, 0.6) is 11.5 Å². The van der Waals surface area contributed by atoms with Crippen molar-refractivity contribution >= 4 is 22.4 Å². The molecule has 4 rings (SSSR count). The molecule has 0 amide bonds. The van der Waals surface area contributed by atoms with Gasteiger partial charge < -0.3 is 14.4 Å². The normalized spacial score (nSPS) is 11.6. The monoisotopic (exact) mass is 431 g/mol. The largest absolute Gasteiger partial charge is 0.497 e. The molecule has 2 aromatic carbocycles. The SMILES string of the molecule is COc1cc(OC)cc(N(CC(C)(C)C)c2ccc3ncc(-c4cnn(C)c4)nc3c2)c1. The lowest BCUT2D eigenvalue weighted by Gasteiger charge is -2.32. The summed E-state index contributed by atoms with van der Waals surface area (Å²) in [5.41, 5.74) is 5.49. The van der Waals surface area contributed by atoms with Crippen molar-refractivity contribution in [3.63, 3.8) is 0 Å². The molecule has 0 N–H and O–H groups in total. The highest BCUT2D eigenvalue weighted by Crippen LogP contribution is 2.36. The fraction of sp³-hybridized carbons (Fsp3) is 0.320. The number of nitrogens with zero attached hydrogens (tertiary/aromatic N) is 5. The van der Waals surface area contributed by atoms with E-state index in [1.54, 1.807) is 31.3 Å². The van der Waals surface area contributed by atoms with Crippen LogP contribution in [0.25, 0.3) is 22.3 Å². The number of fused-ring (bicyclic) bond motifs is 1. The molecule has 0 atom stereocenters. The molecule has 0 fully saturated rings. The summed E-state index contributed by atoms with van der Waals surface area (Å²) in [5.74, 6) is 1.50. The van der Waals surface area contributed by atoms with Gasteiger partial charge in [0.1, 0.15) is 11.5 Å². The van der Waals surface area contributed by atoms with Crippen molar-refractivity contribution in [1.29, 1.82) is 0 Å². The molecular formula is C25H29N5O2. The number of hydrogen-bond acceptors (Lipinski definition) is 6. The van der Waals surface area contributed by atoms with Gasteiger partial charge in [-0.3, -0.25) is 9.67 Å². The van der Waals surface area contributed by atoms with E-state index in [9.17, 15) is 0 Å². The van der Waals surface area contributed by atoms with Gasteiger partial charge in [-0.1, -0.05) is 20.8 Å². The highest BCUT2D eigenvalue weighted by atomic mass is 16.5. The Kier molecular flexibility index (Phi) is 5.74. The van der Waals surface area contributed by atoms with Crippen LogP contribution in [0.15, 0.2) is 55.0 Å². The molecule has 166 valence electrons. The first kappa shape index (κ1) is 21.6. The Balaban J connectivity index is 1.82. The van der Waals surface area contributed by atoms with Gasteiger partial charge in [-0.15, -0.1) is 0 Å². The van der Waals surface area contributed by atoms with Crippen LogP contribution < -0.4 is 14.4 Å². The number of ether oxygens (including phenoxy) is 2. The van der Waals surface area contributed by atoms with E-state index in [0.29, 0.717) is 0 Å². The van der Waals surface area contributed by atoms with E-state index in [1.165, 1.54) is 0 Å². The Labute approximate surface area is 188 Å². The Hall–Kier alpha value is -3.61. The highest BCUT2D eigenvalue weighted by Gasteiger charge is 2.21. The van der Waals surface area contributed by atoms with Gasteiger partial charge in [-0.2, -0.15) is 5.10 Å². The van der Waals surface area contributed by atoms with Crippen LogP contribution in [0, 0.1) is 5.41 Å². The third kappa shape index (κ3) is 4.66. The minimum atomic E-state index is 0.0501. The average molecular weight is 432 g/mol. The zero-order valence-electron chi connectivity index (χ0n) is 19.5. The van der Waals surface area contributed by atoms with Gasteiger partial charge in [0.15, 0.2) is 0 Å². The Morgan fingerprint density at radius 1 is 0.906 bits per heavy atom. The Bertz CT molecular complexity index is 1220. The molecule has 0 aliphatic heterocycles. The summed E-state index contributed by atoms with van der Waals surface area (Å²) >= 11 is 0. The van der Waals surface area contributed by atoms with Crippen molar-refractivity contribution in [1.82, 2.24) is 19.7 Å². The van der Waals surface area contributed by atoms with Crippen molar-refractivity contribution < 1.29 is 9.47 Å². The van der Waals surface area contributed by atoms with Gasteiger partial charge in [0.25, 0.3) is 0 Å². The molecule has 7 heteroatoms. The molecule has 4 aromatic rings. The lowest BCUT2D eigenvalue weighted by Crippen LogP contribution is -2.28. The van der Waals surface area contributed by atoms with Gasteiger partial charge >= 0.3 is 0 Å². The molecule has 0 saturated heterocycles. The fourth-order valence-corrected chi connectivity index (χ4v) is 3.61. The topological polar surface area (TPSA) is 65.3 Å². The van der Waals surface area contributed by atoms with Crippen molar-refractivity contribution in [2.45, 2.75) is 20.8 Å². The van der Waals surface area contributed by atoms with E-state index < -0.39 is 0 Å². The Morgan fingerprint density at radius 2 is 1.62 bits per heavy atom. The summed E-state index contributed by atoms with van der Waals surface area (Å²) in [6, 6.07) is 12.1. The van der Waals surface area contributed by atoms with Gasteiger partial charge in [0, 0.05) is 54.9 Å². The smallest absolute Gasteiger partial charge is 0.124 e. The van der Waals surface area contributed by atoms with Crippen LogP contribution in [-0.4, -0.2) is 40.5 Å². The minimum Gasteiger partial charge on any atom is -0.497 e. The molecule has 2 aromatic heterocycles. The van der Waals surface area contributed by atoms with Gasteiger partial charge in [0.2, 0.25) is 0 Å². The number of benzene rings is 2. The summed E-state index contributed by atoms with van der Waals surface area (Å²) in [6.45, 7) is 7.46. The predicted octanol–water partition coefficient (Wildman–Crippen LogP) is 5.23. The molecule has 0 spiro atoms. The van der Waals surface area contributed by atoms with Crippen molar-refractivity contribution in [2.24, 2.45) is 12.5 Å². The maximum Gasteiger partial charge on any atom is 0.124 e. The second-order valence-corrected chi connectivity index (χ2v) is 9.05. The molecule has 0 radical (unpaired) electrons. The minimum absolute atomic E-state index is 0.0501. The van der Waals surface area contributed by atoms with Crippen molar-refractivity contribution in [3.8, 4) is 22.8 Å². The number of methoxy groups -OCH3 is 2. The first-order chi connectivity index (χ1) is 15.3. The third-order valence-electron chi connectivity index (χ3n) is 5.12. The Morgan fingerprint density at radius 3 is 2.22 bits per heavy atom. The van der Waals surface area contributed by atoms with Crippen LogP contribution in [0.3, 0.4) is 0 Å². The lowest BCUT2D eigenvalue weighted by atomic mass is 9.95. The van der Waals surface area contributed by atoms with E-state index in [2.05, 4.69) is 47.9 Å². The third-order valence-corrected chi connectivity index (χ3v) is 5.12. The molecule has 0 aliphatic carbocycles. The zero-order valence-corrected chi connectivity index (χ0v) is 19.5. The number of anilines is 2. The second kappa shape index (κ2) is 8.49. The molecule has 32 heavy (non-hydrogen) atoms. The highest BCUT2D eigenvalue weighted by molar-refractivity contribution is 5.82. The van der Waals surface area contributed by atoms with Gasteiger partial charge in [0.05, 0.1) is 43.3 Å². The summed E-state index contributed by atoms with van der Waals surface area (Å²) < 4.78 is 12.8. The molecule has 0 bridgehead atoms. The molecule has 0 aliphatic rings. The average Bonchev–Trinajstić information content (AvgIpc) is 3.22. The van der Waals surface area contributed by atoms with Gasteiger partial charge in [-0.05, 0) is 23.6 Å². The van der Waals surface area contributed by atoms with E-state index in [0.717, 1.165) is 51.7 Å². The first-order valence-corrected chi connectivity index (χ1v) is 10.5. The number of rotatable bonds is 6. The molecule has 0 unspecified atom stereocenters. The van der Waals surface area contributed by atoms with Crippen LogP contribution in [0.4, 0.5) is 11.4 Å². The van der Waals surface area contributed by atoms with E-state index >= 15 is 0 Å². The summed E-state index contributed by atoms with van der Waals surface area (Å²) in [5, 5.41) is 4.25. The first-order valence-electron chi connectivity index (χ1n) is 10.5. The van der Waals surface area contributed by atoms with Crippen LogP contribution in [-0.2, 0) is 7.05 Å². The number of aromatic nitrogens is 4. The number of aryl methyl sites for hydroxylation is 1. The van der Waals surface area contributed by atoms with Crippen molar-refractivity contribution in [3.05, 3.63) is 55.0 Å². The second-order valence-electron chi connectivity index (χ2n) is 9.05. The lowest BCUT2D eigenvalue weighted by molar-refractivity contribution is 0.393. The molecule has 7 nitrogen and oxygen atoms in total. The molecule has 0 saturated carbocycles.